The van der Waals surface area contributed by atoms with Crippen molar-refractivity contribution in [2.45, 2.75) is 18.9 Å². The van der Waals surface area contributed by atoms with Crippen molar-refractivity contribution < 1.29 is 13.2 Å². The lowest BCUT2D eigenvalue weighted by Gasteiger charge is -2.22. The van der Waals surface area contributed by atoms with Crippen molar-refractivity contribution in [3.05, 3.63) is 53.4 Å². The van der Waals surface area contributed by atoms with Crippen LogP contribution in [-0.2, 0) is 14.6 Å². The van der Waals surface area contributed by atoms with Gasteiger partial charge in [0.15, 0.2) is 9.84 Å². The van der Waals surface area contributed by atoms with E-state index >= 15 is 0 Å². The molecule has 126 valence electrons. The van der Waals surface area contributed by atoms with Crippen LogP contribution in [0.15, 0.2) is 48.5 Å². The molecule has 2 heterocycles. The zero-order valence-corrected chi connectivity index (χ0v) is 15.0. The van der Waals surface area contributed by atoms with Gasteiger partial charge >= 0.3 is 0 Å². The molecule has 0 radical (unpaired) electrons. The average molecular weight is 361 g/mol. The summed E-state index contributed by atoms with van der Waals surface area (Å²) in [4.78, 5) is 14.2. The van der Waals surface area contributed by atoms with E-state index in [0.29, 0.717) is 6.42 Å². The van der Waals surface area contributed by atoms with Gasteiger partial charge in [-0.05, 0) is 37.1 Å². The van der Waals surface area contributed by atoms with Gasteiger partial charge in [-0.2, -0.15) is 0 Å². The van der Waals surface area contributed by atoms with Crippen LogP contribution in [0.3, 0.4) is 0 Å². The number of nitrogens with one attached hydrogen (secondary N) is 1. The van der Waals surface area contributed by atoms with Crippen molar-refractivity contribution in [1.29, 1.82) is 0 Å². The van der Waals surface area contributed by atoms with Gasteiger partial charge in [-0.15, -0.1) is 11.3 Å². The first-order valence-electron chi connectivity index (χ1n) is 7.71. The Kier molecular flexibility index (Phi) is 4.60. The second kappa shape index (κ2) is 6.53. The van der Waals surface area contributed by atoms with Crippen LogP contribution < -0.4 is 5.32 Å². The maximum Gasteiger partial charge on any atom is 0.244 e. The molecule has 2 aromatic rings. The molecule has 1 unspecified atom stereocenters. The number of hydrogen-bond acceptors (Lipinski definition) is 4. The number of rotatable bonds is 4. The molecule has 1 aromatic heterocycles. The molecular formula is C18H19NO3S2. The first-order chi connectivity index (χ1) is 11.4. The molecule has 4 nitrogen and oxygen atoms in total. The van der Waals surface area contributed by atoms with E-state index < -0.39 is 15.4 Å². The maximum atomic E-state index is 12.1. The van der Waals surface area contributed by atoms with Crippen LogP contribution in [0.25, 0.3) is 16.5 Å². The van der Waals surface area contributed by atoms with Crippen LogP contribution in [0.1, 0.15) is 18.2 Å². The molecule has 1 amide bonds. The van der Waals surface area contributed by atoms with Crippen molar-refractivity contribution in [2.24, 2.45) is 0 Å². The molecule has 1 aliphatic rings. The second-order valence-corrected chi connectivity index (χ2v) is 9.59. The molecule has 0 saturated carbocycles. The number of hydrogen-bond donors (Lipinski definition) is 1. The minimum Gasteiger partial charge on any atom is -0.346 e. The van der Waals surface area contributed by atoms with Gasteiger partial charge in [0.25, 0.3) is 0 Å². The minimum atomic E-state index is -3.03. The Balaban J connectivity index is 1.64. The number of carbonyl (C=O) groups is 1. The van der Waals surface area contributed by atoms with Crippen molar-refractivity contribution >= 4 is 33.2 Å². The number of sulfone groups is 1. The summed E-state index contributed by atoms with van der Waals surface area (Å²) in [7, 11) is -3.03. The Bertz CT molecular complexity index is 869. The number of carbonyl (C=O) groups excluding carboxylic acids is 1. The highest BCUT2D eigenvalue weighted by molar-refractivity contribution is 7.91. The first kappa shape index (κ1) is 16.9. The molecular weight excluding hydrogens is 342 g/mol. The molecule has 0 spiro atoms. The van der Waals surface area contributed by atoms with Crippen molar-refractivity contribution in [3.8, 4) is 10.4 Å². The number of thiophene rings is 1. The summed E-state index contributed by atoms with van der Waals surface area (Å²) in [5.41, 5.74) is 0.487. The lowest BCUT2D eigenvalue weighted by Crippen LogP contribution is -2.46. The van der Waals surface area contributed by atoms with E-state index in [4.69, 9.17) is 0 Å². The average Bonchev–Trinajstić information content (AvgIpc) is 3.10. The van der Waals surface area contributed by atoms with Crippen LogP contribution >= 0.6 is 11.3 Å². The molecule has 1 aromatic carbocycles. The van der Waals surface area contributed by atoms with Crippen LogP contribution in [-0.4, -0.2) is 31.4 Å². The summed E-state index contributed by atoms with van der Waals surface area (Å²) in [5.74, 6) is -0.112. The SMILES string of the molecule is CC1(NC(=O)C=Cc2ccc(-c3ccccc3)s2)CCS(=O)(=O)C1. The van der Waals surface area contributed by atoms with Gasteiger partial charge in [-0.25, -0.2) is 8.42 Å². The molecule has 1 saturated heterocycles. The van der Waals surface area contributed by atoms with Gasteiger partial charge in [0.1, 0.15) is 0 Å². The smallest absolute Gasteiger partial charge is 0.244 e. The Morgan fingerprint density at radius 2 is 1.96 bits per heavy atom. The third kappa shape index (κ3) is 4.13. The molecule has 1 aliphatic heterocycles. The molecule has 3 rings (SSSR count). The highest BCUT2D eigenvalue weighted by Gasteiger charge is 2.39. The maximum absolute atomic E-state index is 12.1. The molecule has 1 N–H and O–H groups in total. The molecule has 24 heavy (non-hydrogen) atoms. The fourth-order valence-corrected chi connectivity index (χ4v) is 5.82. The van der Waals surface area contributed by atoms with Crippen LogP contribution in [0.2, 0.25) is 0 Å². The molecule has 1 fully saturated rings. The summed E-state index contributed by atoms with van der Waals surface area (Å²) in [6, 6.07) is 14.1. The van der Waals surface area contributed by atoms with E-state index in [9.17, 15) is 13.2 Å². The molecule has 1 atom stereocenters. The molecule has 6 heteroatoms. The normalized spacial score (nSPS) is 22.7. The van der Waals surface area contributed by atoms with Gasteiger partial charge < -0.3 is 5.32 Å². The summed E-state index contributed by atoms with van der Waals surface area (Å²) >= 11 is 1.61. The van der Waals surface area contributed by atoms with E-state index in [0.717, 1.165) is 15.3 Å². The summed E-state index contributed by atoms with van der Waals surface area (Å²) in [5, 5.41) is 2.82. The van der Waals surface area contributed by atoms with Gasteiger partial charge in [-0.3, -0.25) is 4.79 Å². The second-order valence-electron chi connectivity index (χ2n) is 6.29. The predicted molar refractivity (Wildman–Crippen MR) is 98.6 cm³/mol. The van der Waals surface area contributed by atoms with E-state index in [1.165, 1.54) is 6.08 Å². The fraction of sp³-hybridized carbons (Fsp3) is 0.278. The highest BCUT2D eigenvalue weighted by Crippen LogP contribution is 2.28. The highest BCUT2D eigenvalue weighted by atomic mass is 32.2. The Hall–Kier alpha value is -1.92. The largest absolute Gasteiger partial charge is 0.346 e. The summed E-state index contributed by atoms with van der Waals surface area (Å²) in [6.45, 7) is 1.78. The number of benzene rings is 1. The van der Waals surface area contributed by atoms with Crippen LogP contribution in [0.5, 0.6) is 0 Å². The zero-order valence-electron chi connectivity index (χ0n) is 13.4. The third-order valence-corrected chi connectivity index (χ3v) is 7.02. The Labute approximate surface area is 146 Å². The number of amides is 1. The summed E-state index contributed by atoms with van der Waals surface area (Å²) < 4.78 is 23.2. The first-order valence-corrected chi connectivity index (χ1v) is 10.4. The summed E-state index contributed by atoms with van der Waals surface area (Å²) in [6.07, 6.45) is 3.70. The monoisotopic (exact) mass is 361 g/mol. The van der Waals surface area contributed by atoms with E-state index in [2.05, 4.69) is 5.32 Å². The third-order valence-electron chi connectivity index (χ3n) is 4.01. The van der Waals surface area contributed by atoms with Gasteiger partial charge in [0.2, 0.25) is 5.91 Å². The van der Waals surface area contributed by atoms with Crippen molar-refractivity contribution in [1.82, 2.24) is 5.32 Å². The van der Waals surface area contributed by atoms with Gasteiger partial charge in [0.05, 0.1) is 17.0 Å². The molecule has 0 bridgehead atoms. The Morgan fingerprint density at radius 1 is 1.21 bits per heavy atom. The van der Waals surface area contributed by atoms with Crippen LogP contribution in [0, 0.1) is 0 Å². The van der Waals surface area contributed by atoms with E-state index in [1.807, 2.05) is 42.5 Å². The predicted octanol–water partition coefficient (Wildman–Crippen LogP) is 3.12. The lowest BCUT2D eigenvalue weighted by molar-refractivity contribution is -0.117. The van der Waals surface area contributed by atoms with Crippen molar-refractivity contribution in [3.63, 3.8) is 0 Å². The quantitative estimate of drug-likeness (QED) is 0.851. The van der Waals surface area contributed by atoms with E-state index in [-0.39, 0.29) is 17.4 Å². The fourth-order valence-electron chi connectivity index (χ4n) is 2.81. The van der Waals surface area contributed by atoms with Gasteiger partial charge in [-0.1, -0.05) is 30.3 Å². The topological polar surface area (TPSA) is 63.2 Å². The molecule has 0 aliphatic carbocycles. The lowest BCUT2D eigenvalue weighted by atomic mass is 10.0. The van der Waals surface area contributed by atoms with E-state index in [1.54, 1.807) is 24.3 Å². The Morgan fingerprint density at radius 3 is 2.62 bits per heavy atom. The minimum absolute atomic E-state index is 0.0107. The standard InChI is InChI=1S/C18H19NO3S2/c1-18(11-12-24(21,22)13-18)19-17(20)10-8-15-7-9-16(23-15)14-5-3-2-4-6-14/h2-10H,11-13H2,1H3,(H,19,20). The van der Waals surface area contributed by atoms with Gasteiger partial charge in [0, 0.05) is 15.8 Å². The van der Waals surface area contributed by atoms with Crippen molar-refractivity contribution in [2.75, 3.05) is 11.5 Å². The zero-order chi connectivity index (χ0) is 17.2. The van der Waals surface area contributed by atoms with Crippen LogP contribution in [0.4, 0.5) is 0 Å².